The first-order valence-corrected chi connectivity index (χ1v) is 9.56. The molecule has 1 saturated heterocycles. The van der Waals surface area contributed by atoms with Crippen molar-refractivity contribution >= 4 is 23.7 Å². The third-order valence-corrected chi connectivity index (χ3v) is 5.39. The Balaban J connectivity index is 1.90. The van der Waals surface area contributed by atoms with Crippen LogP contribution in [0.2, 0.25) is 0 Å². The van der Waals surface area contributed by atoms with Gasteiger partial charge in [0.2, 0.25) is 0 Å². The van der Waals surface area contributed by atoms with Crippen LogP contribution < -0.4 is 5.32 Å². The number of esters is 1. The summed E-state index contributed by atoms with van der Waals surface area (Å²) in [6.45, 7) is 7.21. The summed E-state index contributed by atoms with van der Waals surface area (Å²) in [6.07, 6.45) is 1.19. The monoisotopic (exact) mass is 349 g/mol. The lowest BCUT2D eigenvalue weighted by atomic mass is 10.1. The van der Waals surface area contributed by atoms with Gasteiger partial charge in [-0.15, -0.1) is 0 Å². The van der Waals surface area contributed by atoms with Gasteiger partial charge in [-0.05, 0) is 31.0 Å². The van der Waals surface area contributed by atoms with E-state index in [1.54, 1.807) is 0 Å². The molecule has 1 unspecified atom stereocenters. The molecule has 0 aliphatic carbocycles. The number of hydrogen-bond acceptors (Lipinski definition) is 4. The van der Waals surface area contributed by atoms with Crippen molar-refractivity contribution < 1.29 is 9.53 Å². The van der Waals surface area contributed by atoms with Gasteiger partial charge in [-0.1, -0.05) is 19.1 Å². The smallest absolute Gasteiger partial charge is 0.338 e. The number of thioether (sulfide) groups is 1. The van der Waals surface area contributed by atoms with Crippen molar-refractivity contribution in [2.45, 2.75) is 32.1 Å². The average Bonchev–Trinajstić information content (AvgIpc) is 2.63. The van der Waals surface area contributed by atoms with Crippen molar-refractivity contribution in [2.24, 2.45) is 4.99 Å². The molecule has 1 N–H and O–H groups in total. The Morgan fingerprint density at radius 3 is 2.75 bits per heavy atom. The predicted octanol–water partition coefficient (Wildman–Crippen LogP) is 2.77. The second-order valence-corrected chi connectivity index (χ2v) is 7.07. The molecule has 5 nitrogen and oxygen atoms in total. The zero-order valence-electron chi connectivity index (χ0n) is 14.7. The summed E-state index contributed by atoms with van der Waals surface area (Å²) in [5.41, 5.74) is 1.70. The van der Waals surface area contributed by atoms with Gasteiger partial charge in [0, 0.05) is 37.7 Å². The van der Waals surface area contributed by atoms with Crippen molar-refractivity contribution in [1.82, 2.24) is 10.2 Å². The third-order valence-electron chi connectivity index (χ3n) is 4.02. The molecule has 6 heteroatoms. The van der Waals surface area contributed by atoms with Crippen molar-refractivity contribution in [3.8, 4) is 0 Å². The van der Waals surface area contributed by atoms with Crippen LogP contribution in [0.1, 0.15) is 36.2 Å². The maximum absolute atomic E-state index is 11.7. The lowest BCUT2D eigenvalue weighted by molar-refractivity contribution is 0.0526. The highest BCUT2D eigenvalue weighted by molar-refractivity contribution is 8.00. The van der Waals surface area contributed by atoms with Crippen LogP contribution in [0.3, 0.4) is 0 Å². The van der Waals surface area contributed by atoms with Gasteiger partial charge in [0.15, 0.2) is 5.96 Å². The molecule has 0 spiro atoms. The van der Waals surface area contributed by atoms with E-state index in [2.05, 4.69) is 22.1 Å². The minimum Gasteiger partial charge on any atom is -0.462 e. The lowest BCUT2D eigenvalue weighted by Gasteiger charge is -2.34. The van der Waals surface area contributed by atoms with Gasteiger partial charge in [0.25, 0.3) is 0 Å². The molecule has 0 aromatic heterocycles. The Labute approximate surface area is 148 Å². The number of aliphatic imine (C=N–C) groups is 1. The fourth-order valence-corrected chi connectivity index (χ4v) is 3.83. The molecule has 0 amide bonds. The van der Waals surface area contributed by atoms with Crippen molar-refractivity contribution in [2.75, 3.05) is 32.5 Å². The molecule has 1 aromatic rings. The Hall–Kier alpha value is -1.69. The number of benzene rings is 1. The summed E-state index contributed by atoms with van der Waals surface area (Å²) < 4.78 is 5.00. The standard InChI is InChI=1S/C18H27N3O2S/c1-4-16-13-21(10-11-24-16)18(19-3)20-12-14-6-8-15(9-7-14)17(22)23-5-2/h6-9,16H,4-5,10-13H2,1-3H3,(H,19,20). The zero-order chi connectivity index (χ0) is 17.4. The van der Waals surface area contributed by atoms with E-state index in [-0.39, 0.29) is 5.97 Å². The Bertz CT molecular complexity index is 560. The topological polar surface area (TPSA) is 53.9 Å². The van der Waals surface area contributed by atoms with Crippen molar-refractivity contribution in [3.63, 3.8) is 0 Å². The molecule has 1 aliphatic heterocycles. The fourth-order valence-electron chi connectivity index (χ4n) is 2.65. The van der Waals surface area contributed by atoms with Gasteiger partial charge >= 0.3 is 5.97 Å². The first-order valence-electron chi connectivity index (χ1n) is 8.51. The first kappa shape index (κ1) is 18.6. The van der Waals surface area contributed by atoms with Crippen molar-refractivity contribution in [3.05, 3.63) is 35.4 Å². The lowest BCUT2D eigenvalue weighted by Crippen LogP contribution is -2.47. The largest absolute Gasteiger partial charge is 0.462 e. The fraction of sp³-hybridized carbons (Fsp3) is 0.556. The molecule has 1 aromatic carbocycles. The Morgan fingerprint density at radius 2 is 2.12 bits per heavy atom. The maximum atomic E-state index is 11.7. The van der Waals surface area contributed by atoms with E-state index in [0.717, 1.165) is 30.4 Å². The molecule has 0 radical (unpaired) electrons. The number of nitrogens with zero attached hydrogens (tertiary/aromatic N) is 2. The van der Waals surface area contributed by atoms with Crippen LogP contribution in [0.5, 0.6) is 0 Å². The van der Waals surface area contributed by atoms with Crippen LogP contribution in [-0.2, 0) is 11.3 Å². The normalized spacial score (nSPS) is 18.4. The number of carbonyl (C=O) groups excluding carboxylic acids is 1. The van der Waals surface area contributed by atoms with E-state index < -0.39 is 0 Å². The van der Waals surface area contributed by atoms with E-state index in [0.29, 0.717) is 24.0 Å². The summed E-state index contributed by atoms with van der Waals surface area (Å²) in [5.74, 6) is 1.82. The summed E-state index contributed by atoms with van der Waals surface area (Å²) in [7, 11) is 1.83. The van der Waals surface area contributed by atoms with Gasteiger partial charge < -0.3 is 15.0 Å². The summed E-state index contributed by atoms with van der Waals surface area (Å²) in [4.78, 5) is 18.4. The number of nitrogens with one attached hydrogen (secondary N) is 1. The quantitative estimate of drug-likeness (QED) is 0.503. The van der Waals surface area contributed by atoms with E-state index in [9.17, 15) is 4.79 Å². The van der Waals surface area contributed by atoms with Gasteiger partial charge in [-0.25, -0.2) is 4.79 Å². The molecular weight excluding hydrogens is 322 g/mol. The highest BCUT2D eigenvalue weighted by Gasteiger charge is 2.21. The van der Waals surface area contributed by atoms with E-state index in [1.807, 2.05) is 50.0 Å². The van der Waals surface area contributed by atoms with E-state index in [1.165, 1.54) is 6.42 Å². The molecule has 0 bridgehead atoms. The first-order chi connectivity index (χ1) is 11.7. The molecule has 0 saturated carbocycles. The van der Waals surface area contributed by atoms with Crippen molar-refractivity contribution in [1.29, 1.82) is 0 Å². The van der Waals surface area contributed by atoms with Crippen LogP contribution in [-0.4, -0.2) is 54.6 Å². The molecule has 1 aliphatic rings. The molecule has 132 valence electrons. The van der Waals surface area contributed by atoms with Crippen LogP contribution in [0, 0.1) is 0 Å². The molecular formula is C18H27N3O2S. The second-order valence-electron chi connectivity index (χ2n) is 5.67. The Kier molecular flexibility index (Phi) is 7.43. The highest BCUT2D eigenvalue weighted by Crippen LogP contribution is 2.21. The number of hydrogen-bond donors (Lipinski definition) is 1. The van der Waals surface area contributed by atoms with E-state index >= 15 is 0 Å². The number of carbonyl (C=O) groups is 1. The zero-order valence-corrected chi connectivity index (χ0v) is 15.6. The second kappa shape index (κ2) is 9.57. The number of rotatable bonds is 5. The summed E-state index contributed by atoms with van der Waals surface area (Å²) >= 11 is 2.05. The minimum atomic E-state index is -0.274. The Morgan fingerprint density at radius 1 is 1.38 bits per heavy atom. The molecule has 1 fully saturated rings. The molecule has 1 heterocycles. The maximum Gasteiger partial charge on any atom is 0.338 e. The molecule has 2 rings (SSSR count). The summed E-state index contributed by atoms with van der Waals surface area (Å²) in [5, 5.41) is 4.11. The molecule has 24 heavy (non-hydrogen) atoms. The van der Waals surface area contributed by atoms with Crippen LogP contribution in [0.15, 0.2) is 29.3 Å². The highest BCUT2D eigenvalue weighted by atomic mass is 32.2. The predicted molar refractivity (Wildman–Crippen MR) is 101 cm³/mol. The van der Waals surface area contributed by atoms with Gasteiger partial charge in [-0.3, -0.25) is 4.99 Å². The van der Waals surface area contributed by atoms with Crippen LogP contribution in [0.4, 0.5) is 0 Å². The molecule has 1 atom stereocenters. The minimum absolute atomic E-state index is 0.274. The van der Waals surface area contributed by atoms with Crippen LogP contribution >= 0.6 is 11.8 Å². The average molecular weight is 350 g/mol. The SMILES string of the molecule is CCOC(=O)c1ccc(CNC(=NC)N2CCSC(CC)C2)cc1. The van der Waals surface area contributed by atoms with E-state index in [4.69, 9.17) is 4.74 Å². The van der Waals surface area contributed by atoms with Gasteiger partial charge in [0.05, 0.1) is 12.2 Å². The van der Waals surface area contributed by atoms with Gasteiger partial charge in [0.1, 0.15) is 0 Å². The number of ether oxygens (including phenoxy) is 1. The third kappa shape index (κ3) is 5.16. The summed E-state index contributed by atoms with van der Waals surface area (Å²) in [6, 6.07) is 7.52. The van der Waals surface area contributed by atoms with Gasteiger partial charge in [-0.2, -0.15) is 11.8 Å². The number of guanidine groups is 1. The van der Waals surface area contributed by atoms with Crippen LogP contribution in [0.25, 0.3) is 0 Å².